The minimum absolute atomic E-state index is 0.154. The summed E-state index contributed by atoms with van der Waals surface area (Å²) in [6.45, 7) is 0.154. The minimum Gasteiger partial charge on any atom is -0.493 e. The van der Waals surface area contributed by atoms with E-state index >= 15 is 0 Å². The van der Waals surface area contributed by atoms with E-state index < -0.39 is 11.2 Å². The molecule has 0 radical (unpaired) electrons. The van der Waals surface area contributed by atoms with Gasteiger partial charge in [-0.15, -0.1) is 0 Å². The minimum atomic E-state index is -0.550. The third-order valence-electron chi connectivity index (χ3n) is 4.47. The molecule has 8 nitrogen and oxygen atoms in total. The van der Waals surface area contributed by atoms with E-state index in [-0.39, 0.29) is 12.2 Å². The van der Waals surface area contributed by atoms with Gasteiger partial charge in [0.1, 0.15) is 5.76 Å². The second kappa shape index (κ2) is 7.07. The Morgan fingerprint density at radius 3 is 2.64 bits per heavy atom. The van der Waals surface area contributed by atoms with Crippen LogP contribution in [0.25, 0.3) is 22.2 Å². The first-order valence-corrected chi connectivity index (χ1v) is 8.49. The van der Waals surface area contributed by atoms with Crippen LogP contribution < -0.4 is 20.7 Å². The number of rotatable bonds is 5. The first-order valence-electron chi connectivity index (χ1n) is 8.49. The third kappa shape index (κ3) is 2.94. The molecule has 0 amide bonds. The zero-order valence-corrected chi connectivity index (χ0v) is 15.3. The largest absolute Gasteiger partial charge is 0.493 e. The Morgan fingerprint density at radius 2 is 1.93 bits per heavy atom. The molecule has 1 aromatic carbocycles. The highest BCUT2D eigenvalue weighted by Gasteiger charge is 2.16. The lowest BCUT2D eigenvalue weighted by atomic mass is 10.0. The molecule has 3 aromatic heterocycles. The maximum atomic E-state index is 12.6. The number of pyridine rings is 1. The number of ether oxygens (including phenoxy) is 2. The molecule has 0 saturated heterocycles. The Kier molecular flexibility index (Phi) is 4.44. The molecule has 0 aliphatic carbocycles. The lowest BCUT2D eigenvalue weighted by Crippen LogP contribution is -2.31. The quantitative estimate of drug-likeness (QED) is 0.572. The highest BCUT2D eigenvalue weighted by molar-refractivity contribution is 5.92. The zero-order chi connectivity index (χ0) is 19.7. The molecule has 0 aliphatic rings. The van der Waals surface area contributed by atoms with Gasteiger partial charge in [0.05, 0.1) is 32.4 Å². The summed E-state index contributed by atoms with van der Waals surface area (Å²) in [6.07, 6.45) is 3.09. The van der Waals surface area contributed by atoms with Gasteiger partial charge in [0.25, 0.3) is 5.56 Å². The van der Waals surface area contributed by atoms with E-state index in [1.165, 1.54) is 10.8 Å². The molecule has 0 bridgehead atoms. The molecule has 142 valence electrons. The van der Waals surface area contributed by atoms with E-state index in [1.807, 2.05) is 6.07 Å². The van der Waals surface area contributed by atoms with E-state index in [4.69, 9.17) is 13.9 Å². The van der Waals surface area contributed by atoms with Crippen molar-refractivity contribution in [2.24, 2.45) is 0 Å². The lowest BCUT2D eigenvalue weighted by Gasteiger charge is -2.12. The summed E-state index contributed by atoms with van der Waals surface area (Å²) in [6, 6.07) is 10.6. The molecule has 4 aromatic rings. The van der Waals surface area contributed by atoms with Gasteiger partial charge in [0, 0.05) is 6.20 Å². The summed E-state index contributed by atoms with van der Waals surface area (Å²) in [4.78, 5) is 31.7. The number of aromatic amines is 1. The van der Waals surface area contributed by atoms with Gasteiger partial charge in [-0.1, -0.05) is 6.07 Å². The van der Waals surface area contributed by atoms with Crippen molar-refractivity contribution >= 4 is 11.0 Å². The molecule has 0 fully saturated rings. The first kappa shape index (κ1) is 17.6. The zero-order valence-electron chi connectivity index (χ0n) is 15.3. The number of hydrogen-bond donors (Lipinski definition) is 1. The van der Waals surface area contributed by atoms with E-state index in [0.29, 0.717) is 28.2 Å². The fourth-order valence-electron chi connectivity index (χ4n) is 3.15. The van der Waals surface area contributed by atoms with E-state index in [0.717, 1.165) is 5.56 Å². The number of methoxy groups -OCH3 is 2. The summed E-state index contributed by atoms with van der Waals surface area (Å²) in [5.74, 6) is 1.69. The molecule has 0 saturated carbocycles. The highest BCUT2D eigenvalue weighted by Crippen LogP contribution is 2.33. The molecular weight excluding hydrogens is 362 g/mol. The fraction of sp³-hybridized carbons (Fsp3) is 0.150. The van der Waals surface area contributed by atoms with Crippen LogP contribution >= 0.6 is 0 Å². The summed E-state index contributed by atoms with van der Waals surface area (Å²) >= 11 is 0. The van der Waals surface area contributed by atoms with Crippen molar-refractivity contribution in [3.05, 3.63) is 75.5 Å². The van der Waals surface area contributed by atoms with Crippen molar-refractivity contribution in [2.75, 3.05) is 14.2 Å². The number of furan rings is 1. The molecule has 0 atom stereocenters. The molecular formula is C20H17N3O5. The summed E-state index contributed by atoms with van der Waals surface area (Å²) in [7, 11) is 3.09. The van der Waals surface area contributed by atoms with Crippen molar-refractivity contribution in [2.45, 2.75) is 6.54 Å². The molecule has 0 unspecified atom stereocenters. The normalized spacial score (nSPS) is 10.9. The van der Waals surface area contributed by atoms with Gasteiger partial charge >= 0.3 is 5.69 Å². The Labute approximate surface area is 159 Å². The van der Waals surface area contributed by atoms with Crippen LogP contribution in [0.4, 0.5) is 0 Å². The van der Waals surface area contributed by atoms with Crippen molar-refractivity contribution in [1.82, 2.24) is 14.5 Å². The Bertz CT molecular complexity index is 1260. The SMILES string of the molecule is COc1ccc(-c2ccnc3c2c(=O)[nH]c(=O)n3Cc2ccco2)cc1OC. The van der Waals surface area contributed by atoms with Crippen molar-refractivity contribution in [1.29, 1.82) is 0 Å². The van der Waals surface area contributed by atoms with Crippen molar-refractivity contribution < 1.29 is 13.9 Å². The predicted molar refractivity (Wildman–Crippen MR) is 103 cm³/mol. The summed E-state index contributed by atoms with van der Waals surface area (Å²) in [5.41, 5.74) is 0.580. The van der Waals surface area contributed by atoms with Crippen molar-refractivity contribution in [3.63, 3.8) is 0 Å². The average Bonchev–Trinajstić information content (AvgIpc) is 3.23. The van der Waals surface area contributed by atoms with Crippen LogP contribution in [0.1, 0.15) is 5.76 Å². The van der Waals surface area contributed by atoms with E-state index in [9.17, 15) is 9.59 Å². The predicted octanol–water partition coefficient (Wildman–Crippen LogP) is 2.41. The van der Waals surface area contributed by atoms with Crippen LogP contribution in [-0.2, 0) is 6.54 Å². The van der Waals surface area contributed by atoms with Crippen LogP contribution in [0, 0.1) is 0 Å². The Morgan fingerprint density at radius 1 is 1.11 bits per heavy atom. The van der Waals surface area contributed by atoms with Crippen LogP contribution in [0.5, 0.6) is 11.5 Å². The number of H-pyrrole nitrogens is 1. The van der Waals surface area contributed by atoms with Crippen LogP contribution in [0.3, 0.4) is 0 Å². The number of aromatic nitrogens is 3. The second-order valence-electron chi connectivity index (χ2n) is 6.05. The molecule has 3 heterocycles. The lowest BCUT2D eigenvalue weighted by molar-refractivity contribution is 0.355. The van der Waals surface area contributed by atoms with Gasteiger partial charge in [0.15, 0.2) is 17.1 Å². The smallest absolute Gasteiger partial charge is 0.330 e. The van der Waals surface area contributed by atoms with E-state index in [2.05, 4.69) is 9.97 Å². The molecule has 0 aliphatic heterocycles. The first-order chi connectivity index (χ1) is 13.6. The number of nitrogens with one attached hydrogen (secondary N) is 1. The summed E-state index contributed by atoms with van der Waals surface area (Å²) in [5, 5.41) is 0.306. The monoisotopic (exact) mass is 379 g/mol. The van der Waals surface area contributed by atoms with Gasteiger partial charge in [-0.25, -0.2) is 9.78 Å². The maximum absolute atomic E-state index is 12.6. The Balaban J connectivity index is 1.96. The topological polar surface area (TPSA) is 99.3 Å². The van der Waals surface area contributed by atoms with Gasteiger partial charge in [-0.05, 0) is 41.5 Å². The molecule has 4 rings (SSSR count). The molecule has 0 spiro atoms. The van der Waals surface area contributed by atoms with E-state index in [1.54, 1.807) is 50.7 Å². The number of benzene rings is 1. The number of hydrogen-bond acceptors (Lipinski definition) is 6. The second-order valence-corrected chi connectivity index (χ2v) is 6.05. The average molecular weight is 379 g/mol. The fourth-order valence-corrected chi connectivity index (χ4v) is 3.15. The van der Waals surface area contributed by atoms with Crippen molar-refractivity contribution in [3.8, 4) is 22.6 Å². The molecule has 1 N–H and O–H groups in total. The van der Waals surface area contributed by atoms with Gasteiger partial charge in [-0.2, -0.15) is 0 Å². The van der Waals surface area contributed by atoms with Gasteiger partial charge < -0.3 is 13.9 Å². The molecule has 8 heteroatoms. The number of fused-ring (bicyclic) bond motifs is 1. The number of nitrogens with zero attached hydrogens (tertiary/aromatic N) is 2. The molecule has 28 heavy (non-hydrogen) atoms. The summed E-state index contributed by atoms with van der Waals surface area (Å²) < 4.78 is 17.3. The highest BCUT2D eigenvalue weighted by atomic mass is 16.5. The third-order valence-corrected chi connectivity index (χ3v) is 4.47. The standard InChI is InChI=1S/C20H17N3O5/c1-26-15-6-5-12(10-16(15)27-2)14-7-8-21-18-17(14)19(24)22-20(25)23(18)11-13-4-3-9-28-13/h3-10H,11H2,1-2H3,(H,22,24,25). The maximum Gasteiger partial charge on any atom is 0.330 e. The van der Waals surface area contributed by atoms with Gasteiger partial charge in [0.2, 0.25) is 0 Å². The van der Waals surface area contributed by atoms with Crippen LogP contribution in [-0.4, -0.2) is 28.8 Å². The van der Waals surface area contributed by atoms with Crippen LogP contribution in [0.2, 0.25) is 0 Å². The van der Waals surface area contributed by atoms with Gasteiger partial charge in [-0.3, -0.25) is 14.3 Å². The van der Waals surface area contributed by atoms with Crippen LogP contribution in [0.15, 0.2) is 62.9 Å². The Hall–Kier alpha value is -3.81.